The number of hydrogen-bond acceptors (Lipinski definition) is 6. The van der Waals surface area contributed by atoms with E-state index in [4.69, 9.17) is 4.42 Å². The van der Waals surface area contributed by atoms with Gasteiger partial charge in [-0.25, -0.2) is 9.55 Å². The number of nitro groups is 1. The van der Waals surface area contributed by atoms with Gasteiger partial charge in [0, 0.05) is 12.5 Å². The fourth-order valence-corrected chi connectivity index (χ4v) is 2.17. The van der Waals surface area contributed by atoms with Crippen molar-refractivity contribution < 1.29 is 9.34 Å². The van der Waals surface area contributed by atoms with Crippen LogP contribution < -0.4 is 0 Å². The zero-order valence-corrected chi connectivity index (χ0v) is 12.1. The number of aromatic nitrogens is 4. The van der Waals surface area contributed by atoms with Crippen LogP contribution in [0.2, 0.25) is 0 Å². The van der Waals surface area contributed by atoms with Crippen LogP contribution in [0.3, 0.4) is 0 Å². The zero-order valence-electron chi connectivity index (χ0n) is 12.1. The molecule has 0 unspecified atom stereocenters. The van der Waals surface area contributed by atoms with E-state index in [-0.39, 0.29) is 12.4 Å². The SMILES string of the molecule is Cc1ccccc1-c1nnc(Cn2c([N+](=O)[O-])cnc2C)o1. The first-order chi connectivity index (χ1) is 10.6. The van der Waals surface area contributed by atoms with Gasteiger partial charge in [-0.15, -0.1) is 10.2 Å². The molecular formula is C14H13N5O3. The fraction of sp³-hybridized carbons (Fsp3) is 0.214. The summed E-state index contributed by atoms with van der Waals surface area (Å²) in [6.45, 7) is 3.75. The summed E-state index contributed by atoms with van der Waals surface area (Å²) in [4.78, 5) is 14.4. The molecular weight excluding hydrogens is 286 g/mol. The molecule has 8 nitrogen and oxygen atoms in total. The molecule has 0 aliphatic carbocycles. The van der Waals surface area contributed by atoms with Gasteiger partial charge in [-0.05, 0) is 23.5 Å². The minimum absolute atomic E-state index is 0.104. The van der Waals surface area contributed by atoms with Crippen LogP contribution in [-0.4, -0.2) is 24.7 Å². The summed E-state index contributed by atoms with van der Waals surface area (Å²) >= 11 is 0. The first kappa shape index (κ1) is 13.9. The zero-order chi connectivity index (χ0) is 15.7. The predicted octanol–water partition coefficient (Wildman–Crippen LogP) is 2.51. The molecule has 0 saturated heterocycles. The molecule has 0 saturated carbocycles. The van der Waals surface area contributed by atoms with Crippen molar-refractivity contribution in [2.45, 2.75) is 20.4 Å². The molecule has 0 aliphatic heterocycles. The lowest BCUT2D eigenvalue weighted by molar-refractivity contribution is -0.392. The normalized spacial score (nSPS) is 10.8. The van der Waals surface area contributed by atoms with Crippen molar-refractivity contribution in [3.63, 3.8) is 0 Å². The summed E-state index contributed by atoms with van der Waals surface area (Å²) in [5, 5.41) is 18.9. The summed E-state index contributed by atoms with van der Waals surface area (Å²) < 4.78 is 7.05. The van der Waals surface area contributed by atoms with E-state index in [0.29, 0.717) is 17.6 Å². The average Bonchev–Trinajstić information content (AvgIpc) is 3.08. The van der Waals surface area contributed by atoms with E-state index in [1.165, 1.54) is 10.8 Å². The first-order valence-electron chi connectivity index (χ1n) is 6.61. The van der Waals surface area contributed by atoms with Gasteiger partial charge in [-0.2, -0.15) is 0 Å². The van der Waals surface area contributed by atoms with Crippen molar-refractivity contribution in [2.75, 3.05) is 0 Å². The van der Waals surface area contributed by atoms with Gasteiger partial charge in [0.2, 0.25) is 5.89 Å². The lowest BCUT2D eigenvalue weighted by Crippen LogP contribution is -2.06. The summed E-state index contributed by atoms with van der Waals surface area (Å²) in [5.74, 6) is 1.10. The molecule has 3 rings (SSSR count). The van der Waals surface area contributed by atoms with Gasteiger partial charge >= 0.3 is 5.82 Å². The maximum atomic E-state index is 11.0. The van der Waals surface area contributed by atoms with Crippen LogP contribution in [0, 0.1) is 24.0 Å². The molecule has 2 aromatic heterocycles. The number of rotatable bonds is 4. The second kappa shape index (κ2) is 5.40. The molecule has 0 spiro atoms. The molecule has 22 heavy (non-hydrogen) atoms. The second-order valence-electron chi connectivity index (χ2n) is 4.82. The highest BCUT2D eigenvalue weighted by Gasteiger charge is 2.20. The van der Waals surface area contributed by atoms with Crippen molar-refractivity contribution in [3.8, 4) is 11.5 Å². The largest absolute Gasteiger partial charge is 0.416 e. The molecule has 0 atom stereocenters. The van der Waals surface area contributed by atoms with Crippen molar-refractivity contribution in [1.29, 1.82) is 0 Å². The van der Waals surface area contributed by atoms with Crippen LogP contribution in [0.4, 0.5) is 5.82 Å². The van der Waals surface area contributed by atoms with E-state index in [2.05, 4.69) is 15.2 Å². The number of imidazole rings is 1. The van der Waals surface area contributed by atoms with Crippen LogP contribution in [0.15, 0.2) is 34.9 Å². The van der Waals surface area contributed by atoms with Gasteiger partial charge in [0.25, 0.3) is 5.89 Å². The molecule has 0 N–H and O–H groups in total. The molecule has 0 bridgehead atoms. The Bertz CT molecular complexity index is 837. The Morgan fingerprint density at radius 3 is 2.77 bits per heavy atom. The quantitative estimate of drug-likeness (QED) is 0.542. The summed E-state index contributed by atoms with van der Waals surface area (Å²) in [7, 11) is 0. The van der Waals surface area contributed by atoms with Crippen LogP contribution in [-0.2, 0) is 6.54 Å². The number of nitrogens with zero attached hydrogens (tertiary/aromatic N) is 5. The van der Waals surface area contributed by atoms with E-state index in [9.17, 15) is 10.1 Å². The Labute approximate surface area is 125 Å². The van der Waals surface area contributed by atoms with E-state index < -0.39 is 4.92 Å². The highest BCUT2D eigenvalue weighted by molar-refractivity contribution is 5.57. The van der Waals surface area contributed by atoms with Crippen LogP contribution in [0.1, 0.15) is 17.3 Å². The van der Waals surface area contributed by atoms with E-state index in [1.807, 2.05) is 31.2 Å². The Balaban J connectivity index is 1.91. The summed E-state index contributed by atoms with van der Waals surface area (Å²) in [5.41, 5.74) is 1.86. The molecule has 0 aliphatic rings. The Morgan fingerprint density at radius 1 is 1.27 bits per heavy atom. The molecule has 0 radical (unpaired) electrons. The van der Waals surface area contributed by atoms with Crippen molar-refractivity contribution >= 4 is 5.82 Å². The van der Waals surface area contributed by atoms with Crippen LogP contribution in [0.25, 0.3) is 11.5 Å². The number of benzene rings is 1. The van der Waals surface area contributed by atoms with Crippen LogP contribution >= 0.6 is 0 Å². The summed E-state index contributed by atoms with van der Waals surface area (Å²) in [6, 6.07) is 7.65. The number of aryl methyl sites for hydroxylation is 2. The molecule has 1 aromatic carbocycles. The average molecular weight is 299 g/mol. The van der Waals surface area contributed by atoms with Crippen molar-refractivity contribution in [3.05, 3.63) is 57.9 Å². The van der Waals surface area contributed by atoms with Crippen molar-refractivity contribution in [1.82, 2.24) is 19.7 Å². The maximum absolute atomic E-state index is 11.0. The minimum Gasteiger partial charge on any atom is -0.416 e. The van der Waals surface area contributed by atoms with E-state index >= 15 is 0 Å². The minimum atomic E-state index is -0.487. The standard InChI is InChI=1S/C14H13N5O3/c1-9-5-3-4-6-11(9)14-17-16-12(22-14)8-18-10(2)15-7-13(18)19(20)21/h3-7H,8H2,1-2H3. The van der Waals surface area contributed by atoms with Crippen LogP contribution in [0.5, 0.6) is 0 Å². The highest BCUT2D eigenvalue weighted by Crippen LogP contribution is 2.22. The highest BCUT2D eigenvalue weighted by atomic mass is 16.6. The van der Waals surface area contributed by atoms with Gasteiger partial charge in [0.05, 0.1) is 0 Å². The van der Waals surface area contributed by atoms with Gasteiger partial charge in [-0.3, -0.25) is 0 Å². The van der Waals surface area contributed by atoms with Gasteiger partial charge in [0.15, 0.2) is 12.4 Å². The number of hydrogen-bond donors (Lipinski definition) is 0. The maximum Gasteiger partial charge on any atom is 0.343 e. The Morgan fingerprint density at radius 2 is 2.05 bits per heavy atom. The molecule has 0 amide bonds. The lowest BCUT2D eigenvalue weighted by atomic mass is 10.1. The third kappa shape index (κ3) is 2.46. The molecule has 112 valence electrons. The van der Waals surface area contributed by atoms with E-state index in [1.54, 1.807) is 6.92 Å². The monoisotopic (exact) mass is 299 g/mol. The molecule has 2 heterocycles. The molecule has 3 aromatic rings. The second-order valence-corrected chi connectivity index (χ2v) is 4.82. The third-order valence-electron chi connectivity index (χ3n) is 3.36. The molecule has 8 heteroatoms. The fourth-order valence-electron chi connectivity index (χ4n) is 2.17. The Hall–Kier alpha value is -3.03. The lowest BCUT2D eigenvalue weighted by Gasteiger charge is -2.00. The van der Waals surface area contributed by atoms with Gasteiger partial charge in [0.1, 0.15) is 6.20 Å². The van der Waals surface area contributed by atoms with Gasteiger partial charge < -0.3 is 14.5 Å². The predicted molar refractivity (Wildman–Crippen MR) is 77.2 cm³/mol. The summed E-state index contributed by atoms with van der Waals surface area (Å²) in [6.07, 6.45) is 1.22. The van der Waals surface area contributed by atoms with Crippen molar-refractivity contribution in [2.24, 2.45) is 0 Å². The van der Waals surface area contributed by atoms with E-state index in [0.717, 1.165) is 11.1 Å². The Kier molecular flexibility index (Phi) is 3.42. The first-order valence-corrected chi connectivity index (χ1v) is 6.61. The smallest absolute Gasteiger partial charge is 0.343 e. The molecule has 0 fully saturated rings. The third-order valence-corrected chi connectivity index (χ3v) is 3.36. The van der Waals surface area contributed by atoms with Gasteiger partial charge in [-0.1, -0.05) is 18.2 Å². The topological polar surface area (TPSA) is 99.9 Å².